The Hall–Kier alpha value is -2.93. The van der Waals surface area contributed by atoms with Crippen molar-refractivity contribution < 1.29 is 28.5 Å². The van der Waals surface area contributed by atoms with E-state index in [4.69, 9.17) is 30.5 Å². The van der Waals surface area contributed by atoms with Gasteiger partial charge in [0.2, 0.25) is 0 Å². The van der Waals surface area contributed by atoms with Gasteiger partial charge in [0.1, 0.15) is 5.75 Å². The molecule has 1 atom stereocenters. The van der Waals surface area contributed by atoms with E-state index in [9.17, 15) is 9.59 Å². The number of carbonyl (C=O) groups is 2. The van der Waals surface area contributed by atoms with Crippen molar-refractivity contribution in [1.82, 2.24) is 0 Å². The molecular formula is C19H20ClNO6. The van der Waals surface area contributed by atoms with Gasteiger partial charge in [-0.1, -0.05) is 11.6 Å². The molecule has 0 aliphatic rings. The molecular weight excluding hydrogens is 374 g/mol. The molecule has 8 heteroatoms. The summed E-state index contributed by atoms with van der Waals surface area (Å²) in [5.74, 6) is 0.104. The monoisotopic (exact) mass is 393 g/mol. The first-order chi connectivity index (χ1) is 12.9. The Morgan fingerprint density at radius 3 is 2.19 bits per heavy atom. The standard InChI is InChI=1S/C19H20ClNO6/c1-11(18(22)21-14-10-13(20)6-8-15(14)24-2)27-19(23)12-5-7-16(25-3)17(9-12)26-4/h5-11H,1-4H3,(H,21,22)/t11-/m0/s1. The molecule has 1 amide bonds. The summed E-state index contributed by atoms with van der Waals surface area (Å²) in [7, 11) is 4.42. The summed E-state index contributed by atoms with van der Waals surface area (Å²) >= 11 is 5.94. The number of hydrogen-bond acceptors (Lipinski definition) is 6. The van der Waals surface area contributed by atoms with Crippen molar-refractivity contribution in [3.63, 3.8) is 0 Å². The molecule has 2 rings (SSSR count). The van der Waals surface area contributed by atoms with Crippen molar-refractivity contribution in [2.75, 3.05) is 26.6 Å². The third-order valence-electron chi connectivity index (χ3n) is 3.69. The normalized spacial score (nSPS) is 11.3. The second-order valence-electron chi connectivity index (χ2n) is 5.45. The molecule has 0 radical (unpaired) electrons. The van der Waals surface area contributed by atoms with Crippen LogP contribution in [-0.4, -0.2) is 39.3 Å². The van der Waals surface area contributed by atoms with Crippen LogP contribution < -0.4 is 19.5 Å². The van der Waals surface area contributed by atoms with E-state index in [1.165, 1.54) is 40.4 Å². The molecule has 0 fully saturated rings. The largest absolute Gasteiger partial charge is 0.495 e. The van der Waals surface area contributed by atoms with Crippen LogP contribution in [0.25, 0.3) is 0 Å². The summed E-state index contributed by atoms with van der Waals surface area (Å²) in [4.78, 5) is 24.7. The van der Waals surface area contributed by atoms with Gasteiger partial charge in [0.15, 0.2) is 17.6 Å². The van der Waals surface area contributed by atoms with E-state index in [0.29, 0.717) is 28.0 Å². The summed E-state index contributed by atoms with van der Waals surface area (Å²) in [5.41, 5.74) is 0.608. The molecule has 0 saturated carbocycles. The van der Waals surface area contributed by atoms with Crippen molar-refractivity contribution in [3.8, 4) is 17.2 Å². The van der Waals surface area contributed by atoms with Crippen molar-refractivity contribution in [3.05, 3.63) is 47.0 Å². The van der Waals surface area contributed by atoms with Crippen LogP contribution in [0.5, 0.6) is 17.2 Å². The molecule has 0 heterocycles. The second-order valence-corrected chi connectivity index (χ2v) is 5.89. The summed E-state index contributed by atoms with van der Waals surface area (Å²) in [6.07, 6.45) is -1.05. The molecule has 1 N–H and O–H groups in total. The number of benzene rings is 2. The van der Waals surface area contributed by atoms with Gasteiger partial charge in [-0.05, 0) is 43.3 Å². The number of anilines is 1. The molecule has 0 aliphatic carbocycles. The SMILES string of the molecule is COc1ccc(Cl)cc1NC(=O)[C@H](C)OC(=O)c1ccc(OC)c(OC)c1. The Morgan fingerprint density at radius 2 is 1.56 bits per heavy atom. The van der Waals surface area contributed by atoms with E-state index in [1.54, 1.807) is 24.3 Å². The Balaban J connectivity index is 2.08. The highest BCUT2D eigenvalue weighted by Crippen LogP contribution is 2.29. The molecule has 0 saturated heterocycles. The minimum atomic E-state index is -1.05. The molecule has 0 spiro atoms. The van der Waals surface area contributed by atoms with Crippen LogP contribution in [-0.2, 0) is 9.53 Å². The van der Waals surface area contributed by atoms with Crippen molar-refractivity contribution in [2.24, 2.45) is 0 Å². The summed E-state index contributed by atoms with van der Waals surface area (Å²) in [5, 5.41) is 3.06. The van der Waals surface area contributed by atoms with Crippen molar-refractivity contribution in [2.45, 2.75) is 13.0 Å². The van der Waals surface area contributed by atoms with E-state index >= 15 is 0 Å². The number of methoxy groups -OCH3 is 3. The van der Waals surface area contributed by atoms with Crippen molar-refractivity contribution in [1.29, 1.82) is 0 Å². The van der Waals surface area contributed by atoms with Crippen molar-refractivity contribution >= 4 is 29.2 Å². The van der Waals surface area contributed by atoms with Crippen LogP contribution in [0, 0.1) is 0 Å². The van der Waals surface area contributed by atoms with E-state index in [0.717, 1.165) is 0 Å². The van der Waals surface area contributed by atoms with E-state index < -0.39 is 18.0 Å². The first kappa shape index (κ1) is 20.4. The highest BCUT2D eigenvalue weighted by molar-refractivity contribution is 6.31. The highest BCUT2D eigenvalue weighted by Gasteiger charge is 2.21. The Kier molecular flexibility index (Phi) is 6.90. The van der Waals surface area contributed by atoms with Gasteiger partial charge in [-0.25, -0.2) is 4.79 Å². The van der Waals surface area contributed by atoms with E-state index in [2.05, 4.69) is 5.32 Å². The third kappa shape index (κ3) is 5.04. The van der Waals surface area contributed by atoms with Gasteiger partial charge in [0.05, 0.1) is 32.6 Å². The molecule has 0 unspecified atom stereocenters. The van der Waals surface area contributed by atoms with Gasteiger partial charge in [-0.2, -0.15) is 0 Å². The van der Waals surface area contributed by atoms with Crippen LogP contribution in [0.4, 0.5) is 5.69 Å². The Morgan fingerprint density at radius 1 is 0.926 bits per heavy atom. The van der Waals surface area contributed by atoms with E-state index in [1.807, 2.05) is 0 Å². The fourth-order valence-corrected chi connectivity index (χ4v) is 2.43. The summed E-state index contributed by atoms with van der Waals surface area (Å²) in [6, 6.07) is 9.38. The number of ether oxygens (including phenoxy) is 4. The van der Waals surface area contributed by atoms with Gasteiger partial charge in [-0.15, -0.1) is 0 Å². The molecule has 0 aromatic heterocycles. The van der Waals surface area contributed by atoms with Gasteiger partial charge in [0, 0.05) is 5.02 Å². The molecule has 7 nitrogen and oxygen atoms in total. The lowest BCUT2D eigenvalue weighted by Gasteiger charge is -2.16. The molecule has 0 aliphatic heterocycles. The molecule has 0 bridgehead atoms. The quantitative estimate of drug-likeness (QED) is 0.724. The zero-order valence-corrected chi connectivity index (χ0v) is 16.1. The maximum atomic E-state index is 12.4. The first-order valence-electron chi connectivity index (χ1n) is 7.97. The van der Waals surface area contributed by atoms with Gasteiger partial charge >= 0.3 is 5.97 Å². The number of carbonyl (C=O) groups excluding carboxylic acids is 2. The second kappa shape index (κ2) is 9.14. The smallest absolute Gasteiger partial charge is 0.339 e. The number of hydrogen-bond donors (Lipinski definition) is 1. The van der Waals surface area contributed by atoms with Crippen LogP contribution in [0.2, 0.25) is 5.02 Å². The summed E-state index contributed by atoms with van der Waals surface area (Å²) < 4.78 is 20.7. The predicted molar refractivity (Wildman–Crippen MR) is 101 cm³/mol. The fraction of sp³-hybridized carbons (Fsp3) is 0.263. The number of nitrogens with one attached hydrogen (secondary N) is 1. The van der Waals surface area contributed by atoms with Crippen LogP contribution >= 0.6 is 11.6 Å². The minimum absolute atomic E-state index is 0.229. The predicted octanol–water partition coefficient (Wildman–Crippen LogP) is 3.55. The topological polar surface area (TPSA) is 83.1 Å². The first-order valence-corrected chi connectivity index (χ1v) is 8.34. The lowest BCUT2D eigenvalue weighted by molar-refractivity contribution is -0.123. The average molecular weight is 394 g/mol. The van der Waals surface area contributed by atoms with Crippen LogP contribution in [0.3, 0.4) is 0 Å². The molecule has 2 aromatic rings. The molecule has 2 aromatic carbocycles. The molecule has 144 valence electrons. The van der Waals surface area contributed by atoms with Crippen LogP contribution in [0.1, 0.15) is 17.3 Å². The van der Waals surface area contributed by atoms with Crippen LogP contribution in [0.15, 0.2) is 36.4 Å². The zero-order valence-electron chi connectivity index (χ0n) is 15.4. The lowest BCUT2D eigenvalue weighted by Crippen LogP contribution is -2.30. The number of halogens is 1. The van der Waals surface area contributed by atoms with Gasteiger partial charge in [-0.3, -0.25) is 4.79 Å². The lowest BCUT2D eigenvalue weighted by atomic mass is 10.2. The minimum Gasteiger partial charge on any atom is -0.495 e. The number of rotatable bonds is 7. The maximum absolute atomic E-state index is 12.4. The van der Waals surface area contributed by atoms with Gasteiger partial charge < -0.3 is 24.3 Å². The number of amides is 1. The fourth-order valence-electron chi connectivity index (χ4n) is 2.26. The average Bonchev–Trinajstić information content (AvgIpc) is 2.67. The number of esters is 1. The Bertz CT molecular complexity index is 839. The molecule has 27 heavy (non-hydrogen) atoms. The van der Waals surface area contributed by atoms with Gasteiger partial charge in [0.25, 0.3) is 5.91 Å². The zero-order chi connectivity index (χ0) is 20.0. The Labute approximate surface area is 162 Å². The maximum Gasteiger partial charge on any atom is 0.339 e. The third-order valence-corrected chi connectivity index (χ3v) is 3.93. The van der Waals surface area contributed by atoms with E-state index in [-0.39, 0.29) is 5.56 Å². The highest BCUT2D eigenvalue weighted by atomic mass is 35.5. The summed E-state index contributed by atoms with van der Waals surface area (Å²) in [6.45, 7) is 1.46.